The van der Waals surface area contributed by atoms with Crippen LogP contribution in [0.5, 0.6) is 0 Å². The number of carbonyl (C=O) groups excluding carboxylic acids is 1. The Bertz CT molecular complexity index is 629. The van der Waals surface area contributed by atoms with E-state index >= 15 is 0 Å². The molecular formula is C16H17ClN2OS. The lowest BCUT2D eigenvalue weighted by atomic mass is 10.2. The molecule has 0 spiro atoms. The third-order valence-corrected chi connectivity index (χ3v) is 4.26. The van der Waals surface area contributed by atoms with Crippen LogP contribution >= 0.6 is 23.4 Å². The zero-order valence-electron chi connectivity index (χ0n) is 11.7. The topological polar surface area (TPSA) is 55.1 Å². The lowest BCUT2D eigenvalue weighted by Gasteiger charge is -2.07. The summed E-state index contributed by atoms with van der Waals surface area (Å²) in [5.74, 6) is 0.390. The van der Waals surface area contributed by atoms with Crippen molar-refractivity contribution < 1.29 is 4.79 Å². The van der Waals surface area contributed by atoms with Gasteiger partial charge in [-0.15, -0.1) is 11.8 Å². The van der Waals surface area contributed by atoms with E-state index in [1.165, 1.54) is 11.8 Å². The van der Waals surface area contributed by atoms with Crippen LogP contribution in [-0.2, 0) is 11.3 Å². The third-order valence-electron chi connectivity index (χ3n) is 3.01. The van der Waals surface area contributed by atoms with Crippen molar-refractivity contribution in [2.75, 3.05) is 11.5 Å². The normalized spacial score (nSPS) is 10.4. The van der Waals surface area contributed by atoms with Crippen LogP contribution in [0.1, 0.15) is 11.1 Å². The number of rotatable bonds is 5. The van der Waals surface area contributed by atoms with Gasteiger partial charge in [0.2, 0.25) is 5.91 Å². The summed E-state index contributed by atoms with van der Waals surface area (Å²) in [6, 6.07) is 13.2. The Kier molecular flexibility index (Phi) is 5.53. The number of hydrogen-bond acceptors (Lipinski definition) is 3. The van der Waals surface area contributed by atoms with E-state index in [0.29, 0.717) is 17.3 Å². The molecule has 0 saturated heterocycles. The number of hydrogen-bond donors (Lipinski definition) is 2. The standard InChI is InChI=1S/C16H17ClN2OS/c1-11-8-14(6-7-15(11)18)21-10-16(20)19-9-12-2-4-13(17)5-3-12/h2-8H,9-10,18H2,1H3,(H,19,20). The van der Waals surface area contributed by atoms with Gasteiger partial charge in [0.1, 0.15) is 0 Å². The minimum Gasteiger partial charge on any atom is -0.399 e. The molecule has 110 valence electrons. The van der Waals surface area contributed by atoms with Gasteiger partial charge in [-0.1, -0.05) is 23.7 Å². The van der Waals surface area contributed by atoms with Gasteiger partial charge in [0.25, 0.3) is 0 Å². The second-order valence-corrected chi connectivity index (χ2v) is 6.20. The maximum absolute atomic E-state index is 11.8. The van der Waals surface area contributed by atoms with Crippen LogP contribution in [-0.4, -0.2) is 11.7 Å². The molecule has 0 aromatic heterocycles. The Labute approximate surface area is 133 Å². The molecule has 0 aliphatic heterocycles. The summed E-state index contributed by atoms with van der Waals surface area (Å²) in [4.78, 5) is 12.9. The largest absolute Gasteiger partial charge is 0.399 e. The summed E-state index contributed by atoms with van der Waals surface area (Å²) in [6.07, 6.45) is 0. The zero-order chi connectivity index (χ0) is 15.2. The summed E-state index contributed by atoms with van der Waals surface area (Å²) >= 11 is 7.32. The number of anilines is 1. The fraction of sp³-hybridized carbons (Fsp3) is 0.188. The Balaban J connectivity index is 1.79. The van der Waals surface area contributed by atoms with E-state index in [1.54, 1.807) is 0 Å². The lowest BCUT2D eigenvalue weighted by molar-refractivity contribution is -0.118. The highest BCUT2D eigenvalue weighted by Crippen LogP contribution is 2.22. The first-order valence-corrected chi connectivity index (χ1v) is 7.91. The number of nitrogen functional groups attached to an aromatic ring is 1. The monoisotopic (exact) mass is 320 g/mol. The van der Waals surface area contributed by atoms with Crippen molar-refractivity contribution in [2.24, 2.45) is 0 Å². The summed E-state index contributed by atoms with van der Waals surface area (Å²) < 4.78 is 0. The minimum absolute atomic E-state index is 0.00410. The molecule has 0 saturated carbocycles. The number of nitrogens with two attached hydrogens (primary N) is 1. The van der Waals surface area contributed by atoms with Crippen molar-refractivity contribution in [1.82, 2.24) is 5.32 Å². The minimum atomic E-state index is 0.00410. The number of benzene rings is 2. The molecule has 0 atom stereocenters. The van der Waals surface area contributed by atoms with Gasteiger partial charge in [0.05, 0.1) is 5.75 Å². The van der Waals surface area contributed by atoms with Crippen molar-refractivity contribution in [2.45, 2.75) is 18.4 Å². The number of halogens is 1. The van der Waals surface area contributed by atoms with Gasteiger partial charge >= 0.3 is 0 Å². The zero-order valence-corrected chi connectivity index (χ0v) is 13.3. The molecule has 0 aliphatic carbocycles. The fourth-order valence-corrected chi connectivity index (χ4v) is 2.69. The maximum Gasteiger partial charge on any atom is 0.230 e. The number of aryl methyl sites for hydroxylation is 1. The molecule has 21 heavy (non-hydrogen) atoms. The summed E-state index contributed by atoms with van der Waals surface area (Å²) in [7, 11) is 0. The van der Waals surface area contributed by atoms with Crippen LogP contribution in [0.15, 0.2) is 47.4 Å². The maximum atomic E-state index is 11.8. The Morgan fingerprint density at radius 1 is 1.24 bits per heavy atom. The van der Waals surface area contributed by atoms with Crippen molar-refractivity contribution >= 4 is 35.0 Å². The van der Waals surface area contributed by atoms with Gasteiger partial charge in [-0.25, -0.2) is 0 Å². The highest BCUT2D eigenvalue weighted by molar-refractivity contribution is 8.00. The summed E-state index contributed by atoms with van der Waals surface area (Å²) in [6.45, 7) is 2.47. The first-order chi connectivity index (χ1) is 10.0. The Morgan fingerprint density at radius 3 is 2.62 bits per heavy atom. The number of thioether (sulfide) groups is 1. The van der Waals surface area contributed by atoms with E-state index in [9.17, 15) is 4.79 Å². The molecular weight excluding hydrogens is 304 g/mol. The van der Waals surface area contributed by atoms with E-state index in [4.69, 9.17) is 17.3 Å². The van der Waals surface area contributed by atoms with Gasteiger partial charge in [-0.05, 0) is 48.4 Å². The molecule has 0 unspecified atom stereocenters. The summed E-state index contributed by atoms with van der Waals surface area (Å²) in [5.41, 5.74) is 8.60. The molecule has 0 radical (unpaired) electrons. The number of amides is 1. The molecule has 1 amide bonds. The van der Waals surface area contributed by atoms with Gasteiger partial charge < -0.3 is 11.1 Å². The molecule has 3 nitrogen and oxygen atoms in total. The van der Waals surface area contributed by atoms with Gasteiger partial charge in [-0.3, -0.25) is 4.79 Å². The van der Waals surface area contributed by atoms with E-state index in [-0.39, 0.29) is 5.91 Å². The van der Waals surface area contributed by atoms with Crippen LogP contribution in [0, 0.1) is 6.92 Å². The van der Waals surface area contributed by atoms with Crippen molar-refractivity contribution in [3.8, 4) is 0 Å². The second-order valence-electron chi connectivity index (χ2n) is 4.71. The van der Waals surface area contributed by atoms with Gasteiger partial charge in [0, 0.05) is 22.2 Å². The average Bonchev–Trinajstić information content (AvgIpc) is 2.48. The molecule has 2 rings (SSSR count). The number of carbonyl (C=O) groups is 1. The quantitative estimate of drug-likeness (QED) is 0.653. The van der Waals surface area contributed by atoms with Crippen LogP contribution in [0.3, 0.4) is 0 Å². The average molecular weight is 321 g/mol. The fourth-order valence-electron chi connectivity index (χ4n) is 1.74. The summed E-state index contributed by atoms with van der Waals surface area (Å²) in [5, 5.41) is 3.58. The van der Waals surface area contributed by atoms with Crippen LogP contribution in [0.4, 0.5) is 5.69 Å². The van der Waals surface area contributed by atoms with E-state index in [2.05, 4.69) is 5.32 Å². The molecule has 0 fully saturated rings. The molecule has 0 heterocycles. The van der Waals surface area contributed by atoms with Crippen molar-refractivity contribution in [3.63, 3.8) is 0 Å². The third kappa shape index (κ3) is 4.99. The first kappa shape index (κ1) is 15.7. The SMILES string of the molecule is Cc1cc(SCC(=O)NCc2ccc(Cl)cc2)ccc1N. The van der Waals surface area contributed by atoms with Gasteiger partial charge in [0.15, 0.2) is 0 Å². The van der Waals surface area contributed by atoms with Crippen LogP contribution < -0.4 is 11.1 Å². The molecule has 3 N–H and O–H groups in total. The predicted octanol–water partition coefficient (Wildman–Crippen LogP) is 3.64. The predicted molar refractivity (Wildman–Crippen MR) is 89.6 cm³/mol. The molecule has 2 aromatic rings. The van der Waals surface area contributed by atoms with E-state index in [0.717, 1.165) is 21.7 Å². The highest BCUT2D eigenvalue weighted by atomic mass is 35.5. The lowest BCUT2D eigenvalue weighted by Crippen LogP contribution is -2.24. The Morgan fingerprint density at radius 2 is 1.95 bits per heavy atom. The van der Waals surface area contributed by atoms with Crippen LogP contribution in [0.25, 0.3) is 0 Å². The molecule has 5 heteroatoms. The number of nitrogens with one attached hydrogen (secondary N) is 1. The molecule has 0 bridgehead atoms. The van der Waals surface area contributed by atoms with Crippen molar-refractivity contribution in [1.29, 1.82) is 0 Å². The highest BCUT2D eigenvalue weighted by Gasteiger charge is 2.04. The second kappa shape index (κ2) is 7.38. The smallest absolute Gasteiger partial charge is 0.230 e. The van der Waals surface area contributed by atoms with Crippen molar-refractivity contribution in [3.05, 3.63) is 58.6 Å². The van der Waals surface area contributed by atoms with E-state index in [1.807, 2.05) is 49.4 Å². The van der Waals surface area contributed by atoms with E-state index < -0.39 is 0 Å². The van der Waals surface area contributed by atoms with Crippen LogP contribution in [0.2, 0.25) is 5.02 Å². The van der Waals surface area contributed by atoms with Gasteiger partial charge in [-0.2, -0.15) is 0 Å². The first-order valence-electron chi connectivity index (χ1n) is 6.54. The molecule has 0 aliphatic rings. The Hall–Kier alpha value is -1.65. The molecule has 2 aromatic carbocycles.